The molecule has 3 aromatic rings. The third-order valence-electron chi connectivity index (χ3n) is 5.36. The molecular weight excluding hydrogens is 352 g/mol. The molecule has 2 aromatic carbocycles. The maximum absolute atomic E-state index is 13.0. The van der Waals surface area contributed by atoms with Crippen LogP contribution < -0.4 is 0 Å². The number of para-hydroxylation sites is 1. The first-order chi connectivity index (χ1) is 13.2. The summed E-state index contributed by atoms with van der Waals surface area (Å²) < 4.78 is 0. The summed E-state index contributed by atoms with van der Waals surface area (Å²) in [5.41, 5.74) is 3.15. The molecule has 3 nitrogen and oxygen atoms in total. The van der Waals surface area contributed by atoms with E-state index in [1.54, 1.807) is 11.8 Å². The number of thioether (sulfide) groups is 1. The fraction of sp³-hybridized carbons (Fsp3) is 0.304. The monoisotopic (exact) mass is 376 g/mol. The molecule has 1 aliphatic rings. The van der Waals surface area contributed by atoms with E-state index in [4.69, 9.17) is 0 Å². The summed E-state index contributed by atoms with van der Waals surface area (Å²) >= 11 is 1.70. The Morgan fingerprint density at radius 2 is 1.96 bits per heavy atom. The lowest BCUT2D eigenvalue weighted by molar-refractivity contribution is 0.0812. The van der Waals surface area contributed by atoms with Crippen molar-refractivity contribution in [2.24, 2.45) is 5.92 Å². The normalized spacial score (nSPS) is 17.9. The summed E-state index contributed by atoms with van der Waals surface area (Å²) in [5.74, 6) is 0.366. The summed E-state index contributed by atoms with van der Waals surface area (Å²) in [6.45, 7) is 2.72. The van der Waals surface area contributed by atoms with Crippen LogP contribution in [0.5, 0.6) is 0 Å². The summed E-state index contributed by atoms with van der Waals surface area (Å²) in [4.78, 5) is 21.1. The molecule has 4 heteroatoms. The molecule has 0 N–H and O–H groups in total. The molecule has 1 saturated heterocycles. The van der Waals surface area contributed by atoms with Crippen LogP contribution in [0, 0.1) is 5.92 Å². The van der Waals surface area contributed by atoms with Gasteiger partial charge in [0.25, 0.3) is 0 Å². The van der Waals surface area contributed by atoms with Gasteiger partial charge in [-0.15, -0.1) is 11.8 Å². The van der Waals surface area contributed by atoms with Gasteiger partial charge in [-0.05, 0) is 49.4 Å². The zero-order valence-electron chi connectivity index (χ0n) is 15.6. The van der Waals surface area contributed by atoms with E-state index in [0.29, 0.717) is 0 Å². The SMILES string of the molecule is CSc1ccc(C(=O)C2CCCN(Cc3cccc4cccnc34)C2)cc1. The number of rotatable bonds is 5. The maximum atomic E-state index is 13.0. The van der Waals surface area contributed by atoms with Crippen LogP contribution in [-0.2, 0) is 6.54 Å². The van der Waals surface area contributed by atoms with Crippen molar-refractivity contribution < 1.29 is 4.79 Å². The smallest absolute Gasteiger partial charge is 0.167 e. The molecule has 4 rings (SSSR count). The molecule has 0 spiro atoms. The lowest BCUT2D eigenvalue weighted by Crippen LogP contribution is -2.38. The summed E-state index contributed by atoms with van der Waals surface area (Å²) in [7, 11) is 0. The Hall–Kier alpha value is -2.17. The average Bonchev–Trinajstić information content (AvgIpc) is 2.74. The second kappa shape index (κ2) is 8.24. The number of ketones is 1. The summed E-state index contributed by atoms with van der Waals surface area (Å²) in [6, 6.07) is 18.5. The predicted octanol–water partition coefficient (Wildman–Crippen LogP) is 5.05. The van der Waals surface area contributed by atoms with Crippen molar-refractivity contribution in [3.8, 4) is 0 Å². The number of pyridine rings is 1. The minimum absolute atomic E-state index is 0.0850. The van der Waals surface area contributed by atoms with Gasteiger partial charge >= 0.3 is 0 Å². The zero-order valence-corrected chi connectivity index (χ0v) is 16.4. The fourth-order valence-corrected chi connectivity index (χ4v) is 4.35. The van der Waals surface area contributed by atoms with Crippen LogP contribution in [0.4, 0.5) is 0 Å². The van der Waals surface area contributed by atoms with Crippen molar-refractivity contribution in [3.63, 3.8) is 0 Å². The Morgan fingerprint density at radius 1 is 1.15 bits per heavy atom. The highest BCUT2D eigenvalue weighted by molar-refractivity contribution is 7.98. The van der Waals surface area contributed by atoms with E-state index in [0.717, 1.165) is 43.6 Å². The van der Waals surface area contributed by atoms with Gasteiger partial charge in [0.15, 0.2) is 5.78 Å². The number of aromatic nitrogens is 1. The van der Waals surface area contributed by atoms with Gasteiger partial charge in [0.1, 0.15) is 0 Å². The number of hydrogen-bond donors (Lipinski definition) is 0. The van der Waals surface area contributed by atoms with Crippen molar-refractivity contribution in [1.82, 2.24) is 9.88 Å². The second-order valence-corrected chi connectivity index (χ2v) is 8.04. The third kappa shape index (κ3) is 4.07. The summed E-state index contributed by atoms with van der Waals surface area (Å²) in [5, 5.41) is 1.17. The first-order valence-corrected chi connectivity index (χ1v) is 10.7. The number of hydrogen-bond acceptors (Lipinski definition) is 4. The first-order valence-electron chi connectivity index (χ1n) is 9.48. The molecule has 0 bridgehead atoms. The third-order valence-corrected chi connectivity index (χ3v) is 6.10. The molecule has 1 aromatic heterocycles. The number of fused-ring (bicyclic) bond motifs is 1. The Kier molecular flexibility index (Phi) is 5.55. The zero-order chi connectivity index (χ0) is 18.6. The molecule has 0 saturated carbocycles. The van der Waals surface area contributed by atoms with Crippen molar-refractivity contribution in [2.45, 2.75) is 24.3 Å². The van der Waals surface area contributed by atoms with Crippen molar-refractivity contribution in [3.05, 3.63) is 71.9 Å². The number of likely N-dealkylation sites (tertiary alicyclic amines) is 1. The summed E-state index contributed by atoms with van der Waals surface area (Å²) in [6.07, 6.45) is 5.95. The molecule has 0 aliphatic carbocycles. The quantitative estimate of drug-likeness (QED) is 0.461. The van der Waals surface area contributed by atoms with Gasteiger partial charge in [0.2, 0.25) is 0 Å². The Bertz CT molecular complexity index is 933. The number of benzene rings is 2. The first kappa shape index (κ1) is 18.2. The van der Waals surface area contributed by atoms with Crippen LogP contribution in [0.3, 0.4) is 0 Å². The van der Waals surface area contributed by atoms with E-state index in [9.17, 15) is 4.79 Å². The molecule has 2 heterocycles. The molecule has 1 fully saturated rings. The number of carbonyl (C=O) groups excluding carboxylic acids is 1. The molecular formula is C23H24N2OS. The second-order valence-electron chi connectivity index (χ2n) is 7.16. The van der Waals surface area contributed by atoms with Crippen LogP contribution in [0.25, 0.3) is 10.9 Å². The molecule has 1 aliphatic heterocycles. The van der Waals surface area contributed by atoms with Crippen LogP contribution in [-0.4, -0.2) is 35.0 Å². The average molecular weight is 377 g/mol. The van der Waals surface area contributed by atoms with Crippen LogP contribution in [0.15, 0.2) is 65.7 Å². The fourth-order valence-electron chi connectivity index (χ4n) is 3.94. The van der Waals surface area contributed by atoms with E-state index in [-0.39, 0.29) is 11.7 Å². The van der Waals surface area contributed by atoms with Crippen LogP contribution in [0.2, 0.25) is 0 Å². The number of nitrogens with zero attached hydrogens (tertiary/aromatic N) is 2. The Morgan fingerprint density at radius 3 is 2.78 bits per heavy atom. The van der Waals surface area contributed by atoms with E-state index < -0.39 is 0 Å². The number of piperidine rings is 1. The van der Waals surface area contributed by atoms with Crippen molar-refractivity contribution in [1.29, 1.82) is 0 Å². The maximum Gasteiger partial charge on any atom is 0.167 e. The highest BCUT2D eigenvalue weighted by atomic mass is 32.2. The minimum atomic E-state index is 0.0850. The molecule has 27 heavy (non-hydrogen) atoms. The Labute approximate surface area is 164 Å². The van der Waals surface area contributed by atoms with Gasteiger partial charge in [-0.2, -0.15) is 0 Å². The van der Waals surface area contributed by atoms with Crippen LogP contribution >= 0.6 is 11.8 Å². The largest absolute Gasteiger partial charge is 0.298 e. The van der Waals surface area contributed by atoms with Crippen molar-refractivity contribution >= 4 is 28.4 Å². The molecule has 138 valence electrons. The Balaban J connectivity index is 1.48. The number of Topliss-reactive ketones (excluding diaryl/α,β-unsaturated/α-hetero) is 1. The predicted molar refractivity (Wildman–Crippen MR) is 112 cm³/mol. The molecule has 1 unspecified atom stereocenters. The lowest BCUT2D eigenvalue weighted by atomic mass is 9.89. The highest BCUT2D eigenvalue weighted by Crippen LogP contribution is 2.25. The molecule has 0 amide bonds. The standard InChI is InChI=1S/C23H24N2OS/c1-27-21-11-9-18(10-12-21)23(26)20-8-4-14-25(16-20)15-19-6-2-5-17-7-3-13-24-22(17)19/h2-3,5-7,9-13,20H,4,8,14-16H2,1H3. The van der Waals surface area contributed by atoms with Gasteiger partial charge in [-0.3, -0.25) is 14.7 Å². The van der Waals surface area contributed by atoms with E-state index in [1.165, 1.54) is 15.8 Å². The van der Waals surface area contributed by atoms with E-state index in [2.05, 4.69) is 40.4 Å². The topological polar surface area (TPSA) is 33.2 Å². The van der Waals surface area contributed by atoms with Gasteiger partial charge < -0.3 is 0 Å². The van der Waals surface area contributed by atoms with Gasteiger partial charge in [-0.1, -0.05) is 36.4 Å². The van der Waals surface area contributed by atoms with Gasteiger partial charge in [0, 0.05) is 41.0 Å². The van der Waals surface area contributed by atoms with Crippen molar-refractivity contribution in [2.75, 3.05) is 19.3 Å². The van der Waals surface area contributed by atoms with E-state index >= 15 is 0 Å². The highest BCUT2D eigenvalue weighted by Gasteiger charge is 2.26. The van der Waals surface area contributed by atoms with Crippen LogP contribution in [0.1, 0.15) is 28.8 Å². The number of carbonyl (C=O) groups is 1. The minimum Gasteiger partial charge on any atom is -0.298 e. The van der Waals surface area contributed by atoms with Gasteiger partial charge in [-0.25, -0.2) is 0 Å². The molecule has 0 radical (unpaired) electrons. The van der Waals surface area contributed by atoms with Gasteiger partial charge in [0.05, 0.1) is 5.52 Å². The molecule has 1 atom stereocenters. The van der Waals surface area contributed by atoms with E-state index in [1.807, 2.05) is 36.5 Å². The lowest BCUT2D eigenvalue weighted by Gasteiger charge is -2.32.